The number of carbonyl (C=O) groups is 3. The van der Waals surface area contributed by atoms with E-state index in [2.05, 4.69) is 0 Å². The number of benzene rings is 1. The van der Waals surface area contributed by atoms with Crippen LogP contribution < -0.4 is 5.69 Å². The summed E-state index contributed by atoms with van der Waals surface area (Å²) in [6, 6.07) is 4.27. The molecule has 1 aliphatic rings. The summed E-state index contributed by atoms with van der Waals surface area (Å²) in [5.41, 5.74) is 1.04. The fraction of sp³-hybridized carbons (Fsp3) is 0.333. The van der Waals surface area contributed by atoms with Crippen molar-refractivity contribution in [3.63, 3.8) is 0 Å². The van der Waals surface area contributed by atoms with Crippen LogP contribution >= 0.6 is 0 Å². The Balaban J connectivity index is 2.26. The first-order chi connectivity index (χ1) is 10.5. The summed E-state index contributed by atoms with van der Waals surface area (Å²) in [6.07, 6.45) is 1.18. The average molecular weight is 301 g/mol. The Morgan fingerprint density at radius 2 is 1.91 bits per heavy atom. The van der Waals surface area contributed by atoms with Gasteiger partial charge in [-0.05, 0) is 18.6 Å². The third-order valence-electron chi connectivity index (χ3n) is 4.19. The molecule has 7 heteroatoms. The highest BCUT2D eigenvalue weighted by Gasteiger charge is 2.35. The lowest BCUT2D eigenvalue weighted by Gasteiger charge is -2.28. The molecule has 0 N–H and O–H groups in total. The van der Waals surface area contributed by atoms with Gasteiger partial charge in [-0.3, -0.25) is 28.4 Å². The van der Waals surface area contributed by atoms with Gasteiger partial charge in [0.1, 0.15) is 6.04 Å². The number of aldehydes is 1. The molecule has 1 atom stereocenters. The monoisotopic (exact) mass is 301 g/mol. The second-order valence-electron chi connectivity index (χ2n) is 5.39. The fourth-order valence-electron chi connectivity index (χ4n) is 3.00. The first kappa shape index (κ1) is 14.2. The van der Waals surface area contributed by atoms with E-state index >= 15 is 0 Å². The van der Waals surface area contributed by atoms with Gasteiger partial charge in [-0.2, -0.15) is 0 Å². The first-order valence-corrected chi connectivity index (χ1v) is 6.93. The number of piperidine rings is 1. The summed E-state index contributed by atoms with van der Waals surface area (Å²) in [5.74, 6) is -0.648. The number of para-hydroxylation sites is 1. The number of nitrogens with zero attached hydrogens (tertiary/aromatic N) is 3. The Hall–Kier alpha value is -2.70. The van der Waals surface area contributed by atoms with E-state index in [1.807, 2.05) is 0 Å². The van der Waals surface area contributed by atoms with Crippen molar-refractivity contribution >= 4 is 29.1 Å². The zero-order valence-corrected chi connectivity index (χ0v) is 12.3. The van der Waals surface area contributed by atoms with Crippen LogP contribution in [0.2, 0.25) is 0 Å². The lowest BCUT2D eigenvalue weighted by molar-refractivity contribution is -0.149. The summed E-state index contributed by atoms with van der Waals surface area (Å²) in [4.78, 5) is 48.8. The van der Waals surface area contributed by atoms with Crippen LogP contribution in [-0.2, 0) is 16.6 Å². The summed E-state index contributed by atoms with van der Waals surface area (Å²) in [5, 5.41) is 0. The Morgan fingerprint density at radius 1 is 1.18 bits per heavy atom. The molecule has 1 aromatic carbocycles. The largest absolute Gasteiger partial charge is 0.329 e. The molecule has 0 aliphatic carbocycles. The van der Waals surface area contributed by atoms with Crippen molar-refractivity contribution in [2.75, 3.05) is 7.05 Å². The van der Waals surface area contributed by atoms with E-state index < -0.39 is 11.9 Å². The molecule has 114 valence electrons. The van der Waals surface area contributed by atoms with Gasteiger partial charge < -0.3 is 0 Å². The summed E-state index contributed by atoms with van der Waals surface area (Å²) in [6.45, 7) is 0. The molecule has 1 fully saturated rings. The number of rotatable bonds is 2. The molecule has 0 saturated carbocycles. The van der Waals surface area contributed by atoms with E-state index in [0.29, 0.717) is 22.9 Å². The smallest absolute Gasteiger partial charge is 0.298 e. The van der Waals surface area contributed by atoms with Gasteiger partial charge in [-0.15, -0.1) is 0 Å². The lowest BCUT2D eigenvalue weighted by atomic mass is 10.0. The standard InChI is InChI=1S/C15H15N3O4/c1-16-12(20)7-6-11(14(16)21)18-10-5-3-4-9(8-19)13(10)17(2)15(18)22/h3-5,8,11H,6-7H2,1-2H3. The minimum atomic E-state index is -0.721. The maximum absolute atomic E-state index is 12.5. The number of likely N-dealkylation sites (N-methyl/N-ethyl adjacent to an activating group) is 1. The van der Waals surface area contributed by atoms with Gasteiger partial charge in [0, 0.05) is 26.1 Å². The third-order valence-corrected chi connectivity index (χ3v) is 4.19. The molecule has 3 rings (SSSR count). The summed E-state index contributed by atoms with van der Waals surface area (Å²) >= 11 is 0. The molecule has 0 bridgehead atoms. The Labute approximate surface area is 125 Å². The van der Waals surface area contributed by atoms with E-state index in [9.17, 15) is 19.2 Å². The van der Waals surface area contributed by atoms with Gasteiger partial charge in [0.15, 0.2) is 6.29 Å². The number of likely N-dealkylation sites (tertiary alicyclic amines) is 1. The third kappa shape index (κ3) is 1.82. The van der Waals surface area contributed by atoms with Crippen molar-refractivity contribution in [3.05, 3.63) is 34.2 Å². The van der Waals surface area contributed by atoms with Crippen LogP contribution in [0.5, 0.6) is 0 Å². The van der Waals surface area contributed by atoms with Crippen molar-refractivity contribution in [3.8, 4) is 0 Å². The Kier molecular flexibility index (Phi) is 3.20. The van der Waals surface area contributed by atoms with Crippen LogP contribution in [0.4, 0.5) is 0 Å². The molecular formula is C15H15N3O4. The molecule has 1 unspecified atom stereocenters. The molecule has 22 heavy (non-hydrogen) atoms. The van der Waals surface area contributed by atoms with Crippen LogP contribution in [-0.4, -0.2) is 39.2 Å². The number of hydrogen-bond acceptors (Lipinski definition) is 4. The Bertz CT molecular complexity index is 862. The average Bonchev–Trinajstić information content (AvgIpc) is 2.77. The van der Waals surface area contributed by atoms with E-state index in [4.69, 9.17) is 0 Å². The summed E-state index contributed by atoms with van der Waals surface area (Å²) in [7, 11) is 2.99. The second kappa shape index (κ2) is 4.94. The zero-order chi connectivity index (χ0) is 16.0. The van der Waals surface area contributed by atoms with E-state index in [1.54, 1.807) is 25.2 Å². The number of hydrogen-bond donors (Lipinski definition) is 0. The number of aryl methyl sites for hydroxylation is 1. The predicted octanol–water partition coefficient (Wildman–Crippen LogP) is 0.472. The van der Waals surface area contributed by atoms with Gasteiger partial charge in [-0.25, -0.2) is 4.79 Å². The highest BCUT2D eigenvalue weighted by molar-refractivity contribution is 6.00. The highest BCUT2D eigenvalue weighted by Crippen LogP contribution is 2.26. The van der Waals surface area contributed by atoms with Crippen molar-refractivity contribution in [2.45, 2.75) is 18.9 Å². The molecule has 2 amide bonds. The van der Waals surface area contributed by atoms with Crippen molar-refractivity contribution in [1.29, 1.82) is 0 Å². The molecule has 1 saturated heterocycles. The quantitative estimate of drug-likeness (QED) is 0.596. The van der Waals surface area contributed by atoms with Crippen LogP contribution in [0.3, 0.4) is 0 Å². The number of imide groups is 1. The van der Waals surface area contributed by atoms with Crippen LogP contribution in [0, 0.1) is 0 Å². The van der Waals surface area contributed by atoms with Gasteiger partial charge in [0.25, 0.3) is 5.91 Å². The number of carbonyl (C=O) groups excluding carboxylic acids is 3. The molecule has 0 spiro atoms. The molecule has 2 aromatic rings. The van der Waals surface area contributed by atoms with Gasteiger partial charge in [0.05, 0.1) is 11.0 Å². The molecular weight excluding hydrogens is 286 g/mol. The number of aromatic nitrogens is 2. The fourth-order valence-corrected chi connectivity index (χ4v) is 3.00. The van der Waals surface area contributed by atoms with Gasteiger partial charge >= 0.3 is 5.69 Å². The summed E-state index contributed by atoms with van der Waals surface area (Å²) < 4.78 is 2.75. The van der Waals surface area contributed by atoms with Crippen molar-refractivity contribution < 1.29 is 14.4 Å². The zero-order valence-electron chi connectivity index (χ0n) is 12.3. The SMILES string of the molecule is CN1C(=O)CCC(n2c(=O)n(C)c3c(C=O)cccc32)C1=O. The second-order valence-corrected chi connectivity index (χ2v) is 5.39. The minimum absolute atomic E-state index is 0.211. The van der Waals surface area contributed by atoms with Crippen LogP contribution in [0.1, 0.15) is 29.2 Å². The topological polar surface area (TPSA) is 81.4 Å². The van der Waals surface area contributed by atoms with E-state index in [1.165, 1.54) is 16.2 Å². The van der Waals surface area contributed by atoms with Gasteiger partial charge in [-0.1, -0.05) is 6.07 Å². The van der Waals surface area contributed by atoms with Crippen molar-refractivity contribution in [2.24, 2.45) is 7.05 Å². The number of amides is 2. The van der Waals surface area contributed by atoms with Crippen molar-refractivity contribution in [1.82, 2.24) is 14.0 Å². The first-order valence-electron chi connectivity index (χ1n) is 6.93. The molecule has 0 radical (unpaired) electrons. The Morgan fingerprint density at radius 3 is 2.59 bits per heavy atom. The van der Waals surface area contributed by atoms with E-state index in [0.717, 1.165) is 4.90 Å². The normalized spacial score (nSPS) is 19.0. The maximum atomic E-state index is 12.5. The predicted molar refractivity (Wildman–Crippen MR) is 78.6 cm³/mol. The number of fused-ring (bicyclic) bond motifs is 1. The minimum Gasteiger partial charge on any atom is -0.298 e. The molecule has 1 aliphatic heterocycles. The molecule has 1 aromatic heterocycles. The lowest BCUT2D eigenvalue weighted by Crippen LogP contribution is -2.45. The maximum Gasteiger partial charge on any atom is 0.329 e. The number of imidazole rings is 1. The van der Waals surface area contributed by atoms with Crippen LogP contribution in [0.25, 0.3) is 11.0 Å². The highest BCUT2D eigenvalue weighted by atomic mass is 16.2. The van der Waals surface area contributed by atoms with Gasteiger partial charge in [0.2, 0.25) is 5.91 Å². The molecule has 7 nitrogen and oxygen atoms in total. The van der Waals surface area contributed by atoms with E-state index in [-0.39, 0.29) is 24.4 Å². The molecule has 2 heterocycles. The van der Waals surface area contributed by atoms with Crippen LogP contribution in [0.15, 0.2) is 23.0 Å².